The van der Waals surface area contributed by atoms with Gasteiger partial charge in [0.25, 0.3) is 0 Å². The van der Waals surface area contributed by atoms with E-state index in [0.717, 1.165) is 0 Å². The largest absolute Gasteiger partial charge is 0.396 e. The maximum absolute atomic E-state index is 12.6. The van der Waals surface area contributed by atoms with Crippen LogP contribution in [0.15, 0.2) is 29.2 Å². The SMILES string of the molecule is O=S(=O)(c1ccccc1C#CCO)N1CCC(CO)C1. The Balaban J connectivity index is 2.35. The molecule has 2 N–H and O–H groups in total. The Morgan fingerprint density at radius 1 is 1.30 bits per heavy atom. The number of hydrogen-bond donors (Lipinski definition) is 2. The van der Waals surface area contributed by atoms with Crippen molar-refractivity contribution < 1.29 is 18.6 Å². The van der Waals surface area contributed by atoms with E-state index in [4.69, 9.17) is 10.2 Å². The molecule has 0 aliphatic carbocycles. The molecule has 0 bridgehead atoms. The van der Waals surface area contributed by atoms with Crippen molar-refractivity contribution in [3.8, 4) is 11.8 Å². The molecule has 108 valence electrons. The number of hydrogen-bond acceptors (Lipinski definition) is 4. The second-order valence-electron chi connectivity index (χ2n) is 4.66. The number of sulfonamides is 1. The Bertz CT molecular complexity index is 630. The molecule has 2 rings (SSSR count). The molecule has 0 aromatic heterocycles. The summed E-state index contributed by atoms with van der Waals surface area (Å²) >= 11 is 0. The zero-order valence-electron chi connectivity index (χ0n) is 11.0. The summed E-state index contributed by atoms with van der Waals surface area (Å²) in [4.78, 5) is 0.152. The normalized spacial score (nSPS) is 19.6. The average molecular weight is 295 g/mol. The minimum absolute atomic E-state index is 0.000429. The van der Waals surface area contributed by atoms with Gasteiger partial charge in [0.15, 0.2) is 0 Å². The number of aliphatic hydroxyl groups excluding tert-OH is 2. The van der Waals surface area contributed by atoms with E-state index in [9.17, 15) is 8.42 Å². The predicted octanol–water partition coefficient (Wildman–Crippen LogP) is 0.0333. The van der Waals surface area contributed by atoms with Crippen LogP contribution in [-0.2, 0) is 10.0 Å². The van der Waals surface area contributed by atoms with Crippen molar-refractivity contribution in [3.63, 3.8) is 0 Å². The van der Waals surface area contributed by atoms with Crippen molar-refractivity contribution in [2.75, 3.05) is 26.3 Å². The molecule has 1 fully saturated rings. The highest BCUT2D eigenvalue weighted by atomic mass is 32.2. The van der Waals surface area contributed by atoms with Crippen molar-refractivity contribution in [1.82, 2.24) is 4.31 Å². The van der Waals surface area contributed by atoms with Crippen molar-refractivity contribution in [3.05, 3.63) is 29.8 Å². The summed E-state index contributed by atoms with van der Waals surface area (Å²) < 4.78 is 26.6. The van der Waals surface area contributed by atoms with Gasteiger partial charge in [-0.25, -0.2) is 8.42 Å². The summed E-state index contributed by atoms with van der Waals surface area (Å²) in [5.74, 6) is 5.13. The molecule has 1 aromatic rings. The quantitative estimate of drug-likeness (QED) is 0.772. The van der Waals surface area contributed by atoms with Crippen LogP contribution >= 0.6 is 0 Å². The first-order chi connectivity index (χ1) is 9.59. The molecule has 1 aliphatic heterocycles. The molecule has 1 aliphatic rings. The van der Waals surface area contributed by atoms with E-state index in [1.807, 2.05) is 0 Å². The third-order valence-electron chi connectivity index (χ3n) is 3.31. The van der Waals surface area contributed by atoms with Crippen molar-refractivity contribution >= 4 is 10.0 Å². The highest BCUT2D eigenvalue weighted by molar-refractivity contribution is 7.89. The van der Waals surface area contributed by atoms with Gasteiger partial charge < -0.3 is 10.2 Å². The first-order valence-electron chi connectivity index (χ1n) is 6.39. The molecule has 1 unspecified atom stereocenters. The van der Waals surface area contributed by atoms with Gasteiger partial charge in [-0.3, -0.25) is 0 Å². The van der Waals surface area contributed by atoms with E-state index in [-0.39, 0.29) is 24.0 Å². The van der Waals surface area contributed by atoms with E-state index in [1.54, 1.807) is 18.2 Å². The fourth-order valence-electron chi connectivity index (χ4n) is 2.23. The summed E-state index contributed by atoms with van der Waals surface area (Å²) in [5, 5.41) is 17.9. The van der Waals surface area contributed by atoms with Gasteiger partial charge in [-0.1, -0.05) is 24.0 Å². The minimum atomic E-state index is -3.60. The fraction of sp³-hybridized carbons (Fsp3) is 0.429. The molecule has 0 spiro atoms. The second-order valence-corrected chi connectivity index (χ2v) is 6.56. The molecule has 0 radical (unpaired) electrons. The third kappa shape index (κ3) is 3.02. The molecule has 1 heterocycles. The lowest BCUT2D eigenvalue weighted by Crippen LogP contribution is -2.29. The lowest BCUT2D eigenvalue weighted by atomic mass is 10.1. The Kier molecular flexibility index (Phi) is 4.78. The molecular formula is C14H17NO4S. The van der Waals surface area contributed by atoms with E-state index >= 15 is 0 Å². The number of rotatable bonds is 3. The van der Waals surface area contributed by atoms with Crippen LogP contribution in [-0.4, -0.2) is 49.2 Å². The van der Waals surface area contributed by atoms with Gasteiger partial charge in [-0.2, -0.15) is 4.31 Å². The van der Waals surface area contributed by atoms with Crippen molar-refractivity contribution in [1.29, 1.82) is 0 Å². The van der Waals surface area contributed by atoms with Crippen LogP contribution < -0.4 is 0 Å². The summed E-state index contributed by atoms with van der Waals surface area (Å²) in [7, 11) is -3.60. The zero-order chi connectivity index (χ0) is 14.6. The maximum atomic E-state index is 12.6. The number of nitrogens with zero attached hydrogens (tertiary/aromatic N) is 1. The average Bonchev–Trinajstić information content (AvgIpc) is 2.95. The summed E-state index contributed by atoms with van der Waals surface area (Å²) in [6.45, 7) is 0.429. The van der Waals surface area contributed by atoms with Crippen LogP contribution in [0.4, 0.5) is 0 Å². The standard InChI is InChI=1S/C14H17NO4S/c16-9-3-5-13-4-1-2-6-14(13)20(18,19)15-8-7-12(10-15)11-17/h1-2,4,6,12,16-17H,7-11H2. The molecule has 1 aromatic carbocycles. The molecule has 5 nitrogen and oxygen atoms in total. The smallest absolute Gasteiger partial charge is 0.244 e. The Morgan fingerprint density at radius 3 is 2.70 bits per heavy atom. The Morgan fingerprint density at radius 2 is 2.05 bits per heavy atom. The van der Waals surface area contributed by atoms with Crippen LogP contribution in [0.1, 0.15) is 12.0 Å². The summed E-state index contributed by atoms with van der Waals surface area (Å²) in [5.41, 5.74) is 0.383. The molecule has 6 heteroatoms. The maximum Gasteiger partial charge on any atom is 0.244 e. The van der Waals surface area contributed by atoms with E-state index in [2.05, 4.69) is 11.8 Å². The van der Waals surface area contributed by atoms with Gasteiger partial charge in [-0.05, 0) is 24.5 Å². The van der Waals surface area contributed by atoms with Gasteiger partial charge in [-0.15, -0.1) is 0 Å². The number of aliphatic hydroxyl groups is 2. The lowest BCUT2D eigenvalue weighted by molar-refractivity contribution is 0.233. The monoisotopic (exact) mass is 295 g/mol. The molecular weight excluding hydrogens is 278 g/mol. The van der Waals surface area contributed by atoms with Crippen LogP contribution in [0.25, 0.3) is 0 Å². The van der Waals surface area contributed by atoms with Crippen molar-refractivity contribution in [2.24, 2.45) is 5.92 Å². The van der Waals surface area contributed by atoms with Crippen LogP contribution in [0.2, 0.25) is 0 Å². The van der Waals surface area contributed by atoms with Gasteiger partial charge in [0.2, 0.25) is 10.0 Å². The highest BCUT2D eigenvalue weighted by Gasteiger charge is 2.33. The number of benzene rings is 1. The molecule has 0 amide bonds. The predicted molar refractivity (Wildman–Crippen MR) is 74.4 cm³/mol. The third-order valence-corrected chi connectivity index (χ3v) is 5.24. The van der Waals surface area contributed by atoms with Crippen molar-refractivity contribution in [2.45, 2.75) is 11.3 Å². The molecule has 20 heavy (non-hydrogen) atoms. The molecule has 1 saturated heterocycles. The fourth-order valence-corrected chi connectivity index (χ4v) is 3.91. The van der Waals surface area contributed by atoms with Gasteiger partial charge >= 0.3 is 0 Å². The van der Waals surface area contributed by atoms with Gasteiger partial charge in [0.05, 0.1) is 4.90 Å². The van der Waals surface area contributed by atoms with E-state index < -0.39 is 10.0 Å². The summed E-state index contributed by atoms with van der Waals surface area (Å²) in [6, 6.07) is 6.50. The van der Waals surface area contributed by atoms with Gasteiger partial charge in [0, 0.05) is 25.3 Å². The first kappa shape index (κ1) is 15.0. The Labute approximate surface area is 118 Å². The topological polar surface area (TPSA) is 77.8 Å². The van der Waals surface area contributed by atoms with Crippen LogP contribution in [0.5, 0.6) is 0 Å². The Hall–Kier alpha value is -1.39. The molecule has 1 atom stereocenters. The van der Waals surface area contributed by atoms with Crippen LogP contribution in [0.3, 0.4) is 0 Å². The minimum Gasteiger partial charge on any atom is -0.396 e. The first-order valence-corrected chi connectivity index (χ1v) is 7.83. The van der Waals surface area contributed by atoms with E-state index in [0.29, 0.717) is 25.1 Å². The molecule has 0 saturated carbocycles. The van der Waals surface area contributed by atoms with Crippen LogP contribution in [0, 0.1) is 17.8 Å². The van der Waals surface area contributed by atoms with Gasteiger partial charge in [0.1, 0.15) is 6.61 Å². The highest BCUT2D eigenvalue weighted by Crippen LogP contribution is 2.25. The second kappa shape index (κ2) is 6.37. The zero-order valence-corrected chi connectivity index (χ0v) is 11.8. The van der Waals surface area contributed by atoms with E-state index in [1.165, 1.54) is 10.4 Å². The lowest BCUT2D eigenvalue weighted by Gasteiger charge is -2.17. The summed E-state index contributed by atoms with van der Waals surface area (Å²) in [6.07, 6.45) is 0.667.